The first kappa shape index (κ1) is 20.9. The van der Waals surface area contributed by atoms with Crippen LogP contribution in [0.1, 0.15) is 12.0 Å². The number of carboxylic acids is 1. The van der Waals surface area contributed by atoms with Gasteiger partial charge in [-0.05, 0) is 24.1 Å². The smallest absolute Gasteiger partial charge is 0.490 e. The standard InChI is InChI=1S/C15H21NO2S.C2HF3O2/c1-17-13-5-3-12(4-6-13)8-16-10-15(11-16)7-14(18-2)9-19-15;3-2(4,5)1(6)7/h3-6,14H,7-11H2,1-2H3;(H,6,7). The van der Waals surface area contributed by atoms with E-state index in [4.69, 9.17) is 19.4 Å². The predicted octanol–water partition coefficient (Wildman–Crippen LogP) is 3.03. The summed E-state index contributed by atoms with van der Waals surface area (Å²) in [6.45, 7) is 3.44. The number of nitrogens with zero attached hydrogens (tertiary/aromatic N) is 1. The van der Waals surface area contributed by atoms with Crippen molar-refractivity contribution in [2.75, 3.05) is 33.1 Å². The van der Waals surface area contributed by atoms with E-state index in [0.29, 0.717) is 10.9 Å². The second-order valence-corrected chi connectivity index (χ2v) is 7.84. The molecule has 0 saturated carbocycles. The van der Waals surface area contributed by atoms with Crippen molar-refractivity contribution >= 4 is 17.7 Å². The number of hydrogen-bond donors (Lipinski definition) is 1. The molecule has 2 aliphatic rings. The molecule has 0 radical (unpaired) electrons. The molecule has 0 aliphatic carbocycles. The molecule has 2 aliphatic heterocycles. The first-order valence-corrected chi connectivity index (χ1v) is 8.98. The molecule has 0 aromatic heterocycles. The Morgan fingerprint density at radius 2 is 1.88 bits per heavy atom. The number of carboxylic acid groups (broad SMARTS) is 1. The highest BCUT2D eigenvalue weighted by molar-refractivity contribution is 8.01. The minimum absolute atomic E-state index is 0.466. The van der Waals surface area contributed by atoms with Crippen LogP contribution in [0.2, 0.25) is 0 Å². The summed E-state index contributed by atoms with van der Waals surface area (Å²) >= 11 is 2.10. The van der Waals surface area contributed by atoms with E-state index in [1.165, 1.54) is 25.1 Å². The third-order valence-corrected chi connectivity index (χ3v) is 5.92. The summed E-state index contributed by atoms with van der Waals surface area (Å²) < 4.78 is 42.9. The number of rotatable bonds is 4. The highest BCUT2D eigenvalue weighted by Crippen LogP contribution is 2.46. The first-order chi connectivity index (χ1) is 12.2. The summed E-state index contributed by atoms with van der Waals surface area (Å²) in [5, 5.41) is 7.12. The van der Waals surface area contributed by atoms with Gasteiger partial charge in [-0.15, -0.1) is 11.8 Å². The molecule has 1 atom stereocenters. The minimum atomic E-state index is -5.08. The quantitative estimate of drug-likeness (QED) is 0.849. The minimum Gasteiger partial charge on any atom is -0.497 e. The van der Waals surface area contributed by atoms with Crippen molar-refractivity contribution in [2.24, 2.45) is 0 Å². The SMILES string of the molecule is COc1ccc(CN2CC3(CC(OC)CS3)C2)cc1.O=C(O)C(F)(F)F. The third kappa shape index (κ3) is 5.52. The van der Waals surface area contributed by atoms with Crippen LogP contribution in [0.3, 0.4) is 0 Å². The van der Waals surface area contributed by atoms with Crippen molar-refractivity contribution in [3.05, 3.63) is 29.8 Å². The highest BCUT2D eigenvalue weighted by atomic mass is 32.2. The van der Waals surface area contributed by atoms with Crippen molar-refractivity contribution in [3.63, 3.8) is 0 Å². The van der Waals surface area contributed by atoms with Gasteiger partial charge in [0.05, 0.1) is 13.2 Å². The molecule has 2 saturated heterocycles. The molecule has 146 valence electrons. The lowest BCUT2D eigenvalue weighted by molar-refractivity contribution is -0.192. The Morgan fingerprint density at radius 3 is 2.31 bits per heavy atom. The topological polar surface area (TPSA) is 59.0 Å². The van der Waals surface area contributed by atoms with Gasteiger partial charge in [0.15, 0.2) is 0 Å². The van der Waals surface area contributed by atoms with Crippen LogP contribution in [0.15, 0.2) is 24.3 Å². The molecule has 3 rings (SSSR count). The lowest BCUT2D eigenvalue weighted by atomic mass is 9.92. The second-order valence-electron chi connectivity index (χ2n) is 6.35. The maximum Gasteiger partial charge on any atom is 0.490 e. The zero-order valence-electron chi connectivity index (χ0n) is 14.6. The first-order valence-electron chi connectivity index (χ1n) is 7.99. The molecule has 1 unspecified atom stereocenters. The number of alkyl halides is 3. The fourth-order valence-corrected chi connectivity index (χ4v) is 4.69. The second kappa shape index (κ2) is 8.49. The van der Waals surface area contributed by atoms with Gasteiger partial charge in [-0.1, -0.05) is 12.1 Å². The summed E-state index contributed by atoms with van der Waals surface area (Å²) in [6.07, 6.45) is -3.40. The van der Waals surface area contributed by atoms with Gasteiger partial charge >= 0.3 is 12.1 Å². The summed E-state index contributed by atoms with van der Waals surface area (Å²) in [5.74, 6) is -0.669. The summed E-state index contributed by atoms with van der Waals surface area (Å²) in [6, 6.07) is 8.39. The Kier molecular flexibility index (Phi) is 6.81. The maximum absolute atomic E-state index is 10.6. The average Bonchev–Trinajstić information content (AvgIpc) is 2.99. The van der Waals surface area contributed by atoms with E-state index in [0.717, 1.165) is 18.0 Å². The monoisotopic (exact) mass is 393 g/mol. The van der Waals surface area contributed by atoms with Crippen molar-refractivity contribution in [1.29, 1.82) is 0 Å². The van der Waals surface area contributed by atoms with Gasteiger partial charge in [0.25, 0.3) is 0 Å². The predicted molar refractivity (Wildman–Crippen MR) is 92.6 cm³/mol. The van der Waals surface area contributed by atoms with E-state index in [1.807, 2.05) is 19.2 Å². The van der Waals surface area contributed by atoms with Crippen LogP contribution in [0.4, 0.5) is 13.2 Å². The molecule has 1 spiro atoms. The van der Waals surface area contributed by atoms with E-state index in [9.17, 15) is 13.2 Å². The van der Waals surface area contributed by atoms with Crippen molar-refractivity contribution in [3.8, 4) is 5.75 Å². The molecule has 26 heavy (non-hydrogen) atoms. The zero-order chi connectivity index (χ0) is 19.4. The lowest BCUT2D eigenvalue weighted by Crippen LogP contribution is -2.58. The molecule has 1 aromatic rings. The number of aliphatic carboxylic acids is 1. The van der Waals surface area contributed by atoms with E-state index in [1.54, 1.807) is 7.11 Å². The number of benzene rings is 1. The molecule has 2 heterocycles. The maximum atomic E-state index is 10.6. The van der Waals surface area contributed by atoms with Crippen LogP contribution in [0.25, 0.3) is 0 Å². The van der Waals surface area contributed by atoms with E-state index in [2.05, 4.69) is 28.8 Å². The van der Waals surface area contributed by atoms with E-state index >= 15 is 0 Å². The van der Waals surface area contributed by atoms with Crippen LogP contribution in [-0.2, 0) is 16.1 Å². The van der Waals surface area contributed by atoms with Gasteiger partial charge in [0, 0.05) is 37.2 Å². The van der Waals surface area contributed by atoms with Crippen LogP contribution >= 0.6 is 11.8 Å². The summed E-state index contributed by atoms with van der Waals surface area (Å²) in [4.78, 5) is 11.4. The number of thioether (sulfide) groups is 1. The molecular formula is C17H22F3NO4S. The van der Waals surface area contributed by atoms with Crippen LogP contribution in [-0.4, -0.2) is 66.1 Å². The molecule has 1 aromatic carbocycles. The Morgan fingerprint density at radius 1 is 1.31 bits per heavy atom. The molecule has 1 N–H and O–H groups in total. The van der Waals surface area contributed by atoms with E-state index < -0.39 is 12.1 Å². The molecule has 0 bridgehead atoms. The third-order valence-electron chi connectivity index (χ3n) is 4.34. The van der Waals surface area contributed by atoms with Gasteiger partial charge in [0.1, 0.15) is 5.75 Å². The molecule has 5 nitrogen and oxygen atoms in total. The number of carbonyl (C=O) groups is 1. The largest absolute Gasteiger partial charge is 0.497 e. The van der Waals surface area contributed by atoms with Gasteiger partial charge < -0.3 is 14.6 Å². The summed E-state index contributed by atoms with van der Waals surface area (Å²) in [7, 11) is 3.54. The molecule has 0 amide bonds. The summed E-state index contributed by atoms with van der Waals surface area (Å²) in [5.41, 5.74) is 1.36. The normalized spacial score (nSPS) is 21.7. The number of likely N-dealkylation sites (tertiary alicyclic amines) is 1. The van der Waals surface area contributed by atoms with Crippen molar-refractivity contribution in [1.82, 2.24) is 4.90 Å². The van der Waals surface area contributed by atoms with Gasteiger partial charge in [-0.25, -0.2) is 4.79 Å². The molecular weight excluding hydrogens is 371 g/mol. The fourth-order valence-electron chi connectivity index (χ4n) is 3.04. The number of ether oxygens (including phenoxy) is 2. The van der Waals surface area contributed by atoms with Crippen LogP contribution < -0.4 is 4.74 Å². The Labute approximate surface area is 154 Å². The average molecular weight is 393 g/mol. The van der Waals surface area contributed by atoms with Crippen LogP contribution in [0.5, 0.6) is 5.75 Å². The number of methoxy groups -OCH3 is 2. The Balaban J connectivity index is 0.000000298. The van der Waals surface area contributed by atoms with Gasteiger partial charge in [0.2, 0.25) is 0 Å². The van der Waals surface area contributed by atoms with Gasteiger partial charge in [-0.2, -0.15) is 13.2 Å². The van der Waals surface area contributed by atoms with Crippen molar-refractivity contribution in [2.45, 2.75) is 30.0 Å². The Bertz CT molecular complexity index is 603. The number of halogens is 3. The van der Waals surface area contributed by atoms with Gasteiger partial charge in [-0.3, -0.25) is 4.90 Å². The molecule has 9 heteroatoms. The molecule has 2 fully saturated rings. The van der Waals surface area contributed by atoms with Crippen LogP contribution in [0, 0.1) is 0 Å². The van der Waals surface area contributed by atoms with Crippen molar-refractivity contribution < 1.29 is 32.5 Å². The number of hydrogen-bond acceptors (Lipinski definition) is 5. The fraction of sp³-hybridized carbons (Fsp3) is 0.588. The lowest BCUT2D eigenvalue weighted by Gasteiger charge is -2.47. The van der Waals surface area contributed by atoms with E-state index in [-0.39, 0.29) is 0 Å². The Hall–Kier alpha value is -1.45. The highest BCUT2D eigenvalue weighted by Gasteiger charge is 2.48. The zero-order valence-corrected chi connectivity index (χ0v) is 15.4.